The number of thiophene rings is 1. The van der Waals surface area contributed by atoms with Gasteiger partial charge in [-0.15, -0.1) is 0 Å². The van der Waals surface area contributed by atoms with Gasteiger partial charge >= 0.3 is 0 Å². The molecule has 0 fully saturated rings. The number of benzene rings is 1. The molecule has 0 saturated carbocycles. The topological polar surface area (TPSA) is 20.2 Å². The van der Waals surface area contributed by atoms with Crippen molar-refractivity contribution >= 4 is 59.9 Å². The molecular weight excluding hydrogens is 363 g/mol. The first-order valence-electron chi connectivity index (χ1n) is 3.68. The van der Waals surface area contributed by atoms with Crippen molar-refractivity contribution in [3.8, 4) is 5.06 Å². The van der Waals surface area contributed by atoms with Crippen LogP contribution >= 0.6 is 49.9 Å². The zero-order valence-corrected chi connectivity index (χ0v) is 11.1. The summed E-state index contributed by atoms with van der Waals surface area (Å²) in [4.78, 5) is 0. The van der Waals surface area contributed by atoms with Crippen molar-refractivity contribution in [2.75, 3.05) is 0 Å². The van der Waals surface area contributed by atoms with E-state index >= 15 is 0 Å². The quantitative estimate of drug-likeness (QED) is 0.593. The maximum Gasteiger partial charge on any atom is 0.176 e. The molecule has 4 heteroatoms. The van der Waals surface area contributed by atoms with E-state index in [-0.39, 0.29) is 0 Å². The largest absolute Gasteiger partial charge is 0.499 e. The third-order valence-corrected chi connectivity index (χ3v) is 4.11. The SMILES string of the molecule is Oc1sc2ccc(I)cc2c1CBr. The summed E-state index contributed by atoms with van der Waals surface area (Å²) >= 11 is 7.09. The number of hydrogen-bond donors (Lipinski definition) is 1. The molecule has 1 N–H and O–H groups in total. The Morgan fingerprint density at radius 2 is 2.23 bits per heavy atom. The minimum atomic E-state index is 0.425. The molecule has 2 aromatic rings. The number of alkyl halides is 1. The van der Waals surface area contributed by atoms with Crippen LogP contribution in [0, 0.1) is 3.57 Å². The van der Waals surface area contributed by atoms with Gasteiger partial charge in [0.2, 0.25) is 0 Å². The van der Waals surface area contributed by atoms with Crippen LogP contribution < -0.4 is 0 Å². The molecule has 0 aliphatic carbocycles. The summed E-state index contributed by atoms with van der Waals surface area (Å²) in [6, 6.07) is 6.20. The van der Waals surface area contributed by atoms with Crippen LogP contribution in [0.2, 0.25) is 0 Å². The van der Waals surface area contributed by atoms with E-state index in [1.807, 2.05) is 6.07 Å². The second-order valence-corrected chi connectivity index (χ2v) is 5.50. The molecule has 0 bridgehead atoms. The average molecular weight is 369 g/mol. The smallest absolute Gasteiger partial charge is 0.176 e. The summed E-state index contributed by atoms with van der Waals surface area (Å²) in [5.74, 6) is 0. The molecule has 1 aromatic carbocycles. The van der Waals surface area contributed by atoms with Crippen molar-refractivity contribution in [1.82, 2.24) is 0 Å². The highest BCUT2D eigenvalue weighted by Gasteiger charge is 2.09. The molecule has 1 aromatic heterocycles. The van der Waals surface area contributed by atoms with Crippen LogP contribution in [0.4, 0.5) is 0 Å². The predicted molar refractivity (Wildman–Crippen MR) is 68.8 cm³/mol. The second-order valence-electron chi connectivity index (χ2n) is 2.66. The summed E-state index contributed by atoms with van der Waals surface area (Å²) in [7, 11) is 0. The van der Waals surface area contributed by atoms with Crippen LogP contribution in [-0.2, 0) is 5.33 Å². The monoisotopic (exact) mass is 368 g/mol. The lowest BCUT2D eigenvalue weighted by atomic mass is 10.2. The lowest BCUT2D eigenvalue weighted by Crippen LogP contribution is -1.75. The third-order valence-electron chi connectivity index (χ3n) is 1.87. The number of hydrogen-bond acceptors (Lipinski definition) is 2. The summed E-state index contributed by atoms with van der Waals surface area (Å²) in [5, 5.41) is 11.9. The standard InChI is InChI=1S/C9H6BrIOS/c10-4-7-6-3-5(11)1-2-8(6)13-9(7)12/h1-3,12H,4H2. The van der Waals surface area contributed by atoms with Gasteiger partial charge in [0.25, 0.3) is 0 Å². The molecule has 0 spiro atoms. The van der Waals surface area contributed by atoms with Gasteiger partial charge in [0.05, 0.1) is 0 Å². The highest BCUT2D eigenvalue weighted by atomic mass is 127. The Morgan fingerprint density at radius 3 is 2.92 bits per heavy atom. The Bertz CT molecular complexity index is 452. The number of halogens is 2. The molecule has 0 atom stereocenters. The van der Waals surface area contributed by atoms with Gasteiger partial charge in [0, 0.05) is 24.5 Å². The van der Waals surface area contributed by atoms with Gasteiger partial charge < -0.3 is 5.11 Å². The molecule has 1 nitrogen and oxygen atoms in total. The molecule has 0 aliphatic heterocycles. The first kappa shape index (κ1) is 9.73. The number of fused-ring (bicyclic) bond motifs is 1. The van der Waals surface area contributed by atoms with Gasteiger partial charge in [-0.1, -0.05) is 27.3 Å². The molecule has 13 heavy (non-hydrogen) atoms. The molecule has 0 radical (unpaired) electrons. The lowest BCUT2D eigenvalue weighted by Gasteiger charge is -1.94. The van der Waals surface area contributed by atoms with E-state index in [2.05, 4.69) is 50.7 Å². The summed E-state index contributed by atoms with van der Waals surface area (Å²) in [5.41, 5.74) is 0.999. The fourth-order valence-electron chi connectivity index (χ4n) is 1.24. The second kappa shape index (κ2) is 3.74. The Morgan fingerprint density at radius 1 is 1.46 bits per heavy atom. The maximum atomic E-state index is 9.61. The van der Waals surface area contributed by atoms with Crippen molar-refractivity contribution in [1.29, 1.82) is 0 Å². The van der Waals surface area contributed by atoms with E-state index < -0.39 is 0 Å². The van der Waals surface area contributed by atoms with Crippen LogP contribution in [0.25, 0.3) is 10.1 Å². The van der Waals surface area contributed by atoms with E-state index in [4.69, 9.17) is 0 Å². The van der Waals surface area contributed by atoms with Crippen LogP contribution in [-0.4, -0.2) is 5.11 Å². The molecule has 1 heterocycles. The fraction of sp³-hybridized carbons (Fsp3) is 0.111. The first-order valence-corrected chi connectivity index (χ1v) is 6.70. The molecule has 2 rings (SSSR count). The Labute approximate surface area is 102 Å². The minimum Gasteiger partial charge on any atom is -0.499 e. The van der Waals surface area contributed by atoms with E-state index in [1.54, 1.807) is 0 Å². The van der Waals surface area contributed by atoms with Crippen LogP contribution in [0.1, 0.15) is 5.56 Å². The first-order chi connectivity index (χ1) is 6.22. The van der Waals surface area contributed by atoms with Crippen molar-refractivity contribution in [3.05, 3.63) is 27.3 Å². The minimum absolute atomic E-state index is 0.425. The van der Waals surface area contributed by atoms with Crippen molar-refractivity contribution in [3.63, 3.8) is 0 Å². The average Bonchev–Trinajstić information content (AvgIpc) is 2.40. The molecule has 68 valence electrons. The zero-order chi connectivity index (χ0) is 9.42. The summed E-state index contributed by atoms with van der Waals surface area (Å²) < 4.78 is 2.34. The highest BCUT2D eigenvalue weighted by molar-refractivity contribution is 14.1. The third kappa shape index (κ3) is 1.71. The molecule has 0 saturated heterocycles. The van der Waals surface area contributed by atoms with Gasteiger partial charge in [-0.2, -0.15) is 0 Å². The van der Waals surface area contributed by atoms with E-state index in [0.29, 0.717) is 10.4 Å². The van der Waals surface area contributed by atoms with Gasteiger partial charge in [-0.3, -0.25) is 0 Å². The van der Waals surface area contributed by atoms with Crippen LogP contribution in [0.3, 0.4) is 0 Å². The van der Waals surface area contributed by atoms with Crippen molar-refractivity contribution < 1.29 is 5.11 Å². The molecule has 0 amide bonds. The fourth-order valence-corrected chi connectivity index (χ4v) is 3.42. The van der Waals surface area contributed by atoms with Gasteiger partial charge in [0.15, 0.2) is 5.06 Å². The van der Waals surface area contributed by atoms with E-state index in [9.17, 15) is 5.11 Å². The summed E-state index contributed by atoms with van der Waals surface area (Å²) in [6.45, 7) is 0. The normalized spacial score (nSPS) is 10.9. The van der Waals surface area contributed by atoms with Gasteiger partial charge in [-0.25, -0.2) is 0 Å². The number of rotatable bonds is 1. The lowest BCUT2D eigenvalue weighted by molar-refractivity contribution is 0.487. The predicted octanol–water partition coefficient (Wildman–Crippen LogP) is 4.11. The Balaban J connectivity index is 2.80. The van der Waals surface area contributed by atoms with E-state index in [1.165, 1.54) is 14.9 Å². The maximum absolute atomic E-state index is 9.61. The highest BCUT2D eigenvalue weighted by Crippen LogP contribution is 2.38. The van der Waals surface area contributed by atoms with Gasteiger partial charge in [0.1, 0.15) is 0 Å². The van der Waals surface area contributed by atoms with Crippen molar-refractivity contribution in [2.24, 2.45) is 0 Å². The Hall–Kier alpha value is 0.190. The molecule has 0 unspecified atom stereocenters. The summed E-state index contributed by atoms with van der Waals surface area (Å²) in [6.07, 6.45) is 0. The molecule has 0 aliphatic rings. The molecular formula is C9H6BrIOS. The Kier molecular flexibility index (Phi) is 2.80. The van der Waals surface area contributed by atoms with Gasteiger partial charge in [-0.05, 0) is 40.8 Å². The zero-order valence-electron chi connectivity index (χ0n) is 6.55. The van der Waals surface area contributed by atoms with Crippen LogP contribution in [0.15, 0.2) is 18.2 Å². The van der Waals surface area contributed by atoms with Crippen LogP contribution in [0.5, 0.6) is 5.06 Å². The van der Waals surface area contributed by atoms with Crippen molar-refractivity contribution in [2.45, 2.75) is 5.33 Å². The van der Waals surface area contributed by atoms with E-state index in [0.717, 1.165) is 15.6 Å². The number of aromatic hydroxyl groups is 1.